The summed E-state index contributed by atoms with van der Waals surface area (Å²) in [6.45, 7) is 5.93. The lowest BCUT2D eigenvalue weighted by Gasteiger charge is -2.28. The first kappa shape index (κ1) is 18.8. The summed E-state index contributed by atoms with van der Waals surface area (Å²) >= 11 is 0. The minimum absolute atomic E-state index is 0.0277. The number of hydrogen-bond donors (Lipinski definition) is 1. The molecule has 7 heteroatoms. The Labute approximate surface area is 164 Å². The number of carbonyl (C=O) groups is 3. The van der Waals surface area contributed by atoms with Gasteiger partial charge in [0.15, 0.2) is 5.66 Å². The first-order valence-electron chi connectivity index (χ1n) is 10.0. The van der Waals surface area contributed by atoms with Crippen LogP contribution in [0.3, 0.4) is 0 Å². The molecule has 150 valence electrons. The number of cyclic esters (lactones) is 1. The predicted molar refractivity (Wildman–Crippen MR) is 103 cm³/mol. The smallest absolute Gasteiger partial charge is 0.412 e. The molecule has 1 aromatic carbocycles. The SMILES string of the molecule is CCCCCC1N(C(=O)c2ccccc2C(N)=O)[C@@]12[C@@H]1CC(C)(C)OC(=O)N12. The fourth-order valence-corrected chi connectivity index (χ4v) is 4.92. The number of hydrogen-bond acceptors (Lipinski definition) is 4. The van der Waals surface area contributed by atoms with E-state index in [1.807, 2.05) is 13.8 Å². The van der Waals surface area contributed by atoms with Crippen LogP contribution in [0.2, 0.25) is 0 Å². The molecule has 1 spiro atoms. The van der Waals surface area contributed by atoms with E-state index in [-0.39, 0.29) is 29.6 Å². The Morgan fingerprint density at radius 3 is 2.54 bits per heavy atom. The Hall–Kier alpha value is -2.57. The van der Waals surface area contributed by atoms with Gasteiger partial charge in [-0.2, -0.15) is 0 Å². The van der Waals surface area contributed by atoms with Crippen LogP contribution >= 0.6 is 0 Å². The minimum Gasteiger partial charge on any atom is -0.443 e. The summed E-state index contributed by atoms with van der Waals surface area (Å²) in [4.78, 5) is 41.2. The lowest BCUT2D eigenvalue weighted by atomic mass is 9.99. The molecule has 3 fully saturated rings. The van der Waals surface area contributed by atoms with Crippen LogP contribution < -0.4 is 5.73 Å². The summed E-state index contributed by atoms with van der Waals surface area (Å²) in [5.74, 6) is -0.868. The number of amides is 3. The van der Waals surface area contributed by atoms with Crippen molar-refractivity contribution in [3.8, 4) is 0 Å². The Morgan fingerprint density at radius 1 is 1.21 bits per heavy atom. The fraction of sp³-hybridized carbons (Fsp3) is 0.571. The van der Waals surface area contributed by atoms with Crippen LogP contribution in [0.15, 0.2) is 24.3 Å². The van der Waals surface area contributed by atoms with Crippen molar-refractivity contribution < 1.29 is 19.1 Å². The predicted octanol–water partition coefficient (Wildman–Crippen LogP) is 2.89. The Balaban J connectivity index is 1.65. The van der Waals surface area contributed by atoms with Gasteiger partial charge < -0.3 is 15.4 Å². The Kier molecular flexibility index (Phi) is 4.17. The first-order valence-corrected chi connectivity index (χ1v) is 10.0. The average molecular weight is 385 g/mol. The van der Waals surface area contributed by atoms with E-state index in [1.165, 1.54) is 0 Å². The number of nitrogens with two attached hydrogens (primary N) is 1. The third-order valence-electron chi connectivity index (χ3n) is 6.21. The van der Waals surface area contributed by atoms with E-state index in [2.05, 4.69) is 6.92 Å². The molecule has 3 amide bonds. The van der Waals surface area contributed by atoms with Crippen LogP contribution in [0.4, 0.5) is 4.79 Å². The largest absolute Gasteiger partial charge is 0.443 e. The lowest BCUT2D eigenvalue weighted by Crippen LogP contribution is -2.37. The van der Waals surface area contributed by atoms with E-state index < -0.39 is 17.2 Å². The molecule has 0 radical (unpaired) electrons. The number of fused-ring (bicyclic) bond motifs is 3. The van der Waals surface area contributed by atoms with Crippen molar-refractivity contribution in [2.45, 2.75) is 76.2 Å². The molecule has 3 aliphatic heterocycles. The number of ether oxygens (including phenoxy) is 1. The summed E-state index contributed by atoms with van der Waals surface area (Å²) in [7, 11) is 0. The highest BCUT2D eigenvalue weighted by molar-refractivity contribution is 6.08. The van der Waals surface area contributed by atoms with Crippen molar-refractivity contribution in [1.29, 1.82) is 0 Å². The topological polar surface area (TPSA) is 92.5 Å². The average Bonchev–Trinajstić information content (AvgIpc) is 3.48. The summed E-state index contributed by atoms with van der Waals surface area (Å²) in [5, 5.41) is 0. The highest BCUT2D eigenvalue weighted by atomic mass is 16.6. The van der Waals surface area contributed by atoms with Crippen molar-refractivity contribution in [2.75, 3.05) is 0 Å². The summed E-state index contributed by atoms with van der Waals surface area (Å²) in [6.07, 6.45) is 4.31. The van der Waals surface area contributed by atoms with E-state index in [1.54, 1.807) is 34.1 Å². The van der Waals surface area contributed by atoms with Gasteiger partial charge in [-0.15, -0.1) is 0 Å². The summed E-state index contributed by atoms with van der Waals surface area (Å²) in [6, 6.07) is 6.53. The Morgan fingerprint density at radius 2 is 1.89 bits per heavy atom. The number of primary amides is 1. The molecular weight excluding hydrogens is 358 g/mol. The number of carbonyl (C=O) groups excluding carboxylic acids is 3. The van der Waals surface area contributed by atoms with Gasteiger partial charge in [-0.1, -0.05) is 38.3 Å². The molecule has 1 unspecified atom stereocenters. The number of benzene rings is 1. The van der Waals surface area contributed by atoms with Gasteiger partial charge >= 0.3 is 6.09 Å². The summed E-state index contributed by atoms with van der Waals surface area (Å²) < 4.78 is 5.55. The summed E-state index contributed by atoms with van der Waals surface area (Å²) in [5.41, 5.74) is 4.84. The molecule has 4 rings (SSSR count). The third-order valence-corrected chi connectivity index (χ3v) is 6.21. The third kappa shape index (κ3) is 2.59. The van der Waals surface area contributed by atoms with E-state index in [0.717, 1.165) is 25.7 Å². The zero-order valence-electron chi connectivity index (χ0n) is 16.6. The first-order chi connectivity index (χ1) is 13.3. The van der Waals surface area contributed by atoms with Gasteiger partial charge in [-0.05, 0) is 32.4 Å². The van der Waals surface area contributed by atoms with E-state index >= 15 is 0 Å². The maximum absolute atomic E-state index is 13.4. The van der Waals surface area contributed by atoms with Gasteiger partial charge in [0.1, 0.15) is 5.60 Å². The van der Waals surface area contributed by atoms with Crippen molar-refractivity contribution in [3.05, 3.63) is 35.4 Å². The number of nitrogens with zero attached hydrogens (tertiary/aromatic N) is 2. The second-order valence-electron chi connectivity index (χ2n) is 8.60. The lowest BCUT2D eigenvalue weighted by molar-refractivity contribution is 0.000448. The van der Waals surface area contributed by atoms with E-state index in [4.69, 9.17) is 10.5 Å². The van der Waals surface area contributed by atoms with Crippen LogP contribution in [0.25, 0.3) is 0 Å². The van der Waals surface area contributed by atoms with E-state index in [9.17, 15) is 14.4 Å². The van der Waals surface area contributed by atoms with Gasteiger partial charge in [-0.25, -0.2) is 4.79 Å². The molecule has 3 atom stereocenters. The van der Waals surface area contributed by atoms with Crippen LogP contribution in [0, 0.1) is 0 Å². The molecular formula is C21H27N3O4. The molecule has 3 aliphatic rings. The van der Waals surface area contributed by atoms with Gasteiger partial charge in [0.2, 0.25) is 5.91 Å². The van der Waals surface area contributed by atoms with Crippen molar-refractivity contribution >= 4 is 17.9 Å². The molecule has 0 aromatic heterocycles. The molecule has 1 aromatic rings. The maximum atomic E-state index is 13.4. The Bertz CT molecular complexity index is 852. The van der Waals surface area contributed by atoms with Crippen LogP contribution in [-0.2, 0) is 4.74 Å². The zero-order chi connectivity index (χ0) is 20.3. The van der Waals surface area contributed by atoms with Crippen LogP contribution in [-0.4, -0.2) is 51.1 Å². The normalized spacial score (nSPS) is 29.3. The van der Waals surface area contributed by atoms with Gasteiger partial charge in [0.05, 0.1) is 23.2 Å². The quantitative estimate of drug-likeness (QED) is 0.602. The number of rotatable bonds is 6. The van der Waals surface area contributed by atoms with Gasteiger partial charge in [0.25, 0.3) is 5.91 Å². The van der Waals surface area contributed by atoms with Gasteiger partial charge in [-0.3, -0.25) is 14.5 Å². The molecule has 0 aliphatic carbocycles. The second kappa shape index (κ2) is 6.22. The highest BCUT2D eigenvalue weighted by Crippen LogP contribution is 2.66. The van der Waals surface area contributed by atoms with Crippen LogP contribution in [0.1, 0.15) is 73.6 Å². The highest BCUT2D eigenvalue weighted by Gasteiger charge is 2.87. The number of unbranched alkanes of at least 4 members (excludes halogenated alkanes) is 2. The monoisotopic (exact) mass is 385 g/mol. The molecule has 2 N–H and O–H groups in total. The maximum Gasteiger partial charge on any atom is 0.412 e. The van der Waals surface area contributed by atoms with E-state index in [0.29, 0.717) is 12.0 Å². The van der Waals surface area contributed by atoms with Crippen molar-refractivity contribution in [3.63, 3.8) is 0 Å². The van der Waals surface area contributed by atoms with Crippen LogP contribution in [0.5, 0.6) is 0 Å². The van der Waals surface area contributed by atoms with Crippen molar-refractivity contribution in [2.24, 2.45) is 5.73 Å². The molecule has 3 heterocycles. The van der Waals surface area contributed by atoms with Gasteiger partial charge in [0, 0.05) is 6.42 Å². The molecule has 28 heavy (non-hydrogen) atoms. The molecule has 0 bridgehead atoms. The molecule has 0 saturated carbocycles. The zero-order valence-corrected chi connectivity index (χ0v) is 16.6. The minimum atomic E-state index is -0.628. The molecule has 7 nitrogen and oxygen atoms in total. The van der Waals surface area contributed by atoms with Crippen molar-refractivity contribution in [1.82, 2.24) is 9.80 Å². The second-order valence-corrected chi connectivity index (χ2v) is 8.60. The molecule has 3 saturated heterocycles. The fourth-order valence-electron chi connectivity index (χ4n) is 4.92. The standard InChI is InChI=1S/C21H27N3O4/c1-4-5-6-11-15-21(16-12-20(2,3)28-19(27)24(16)21)23(15)18(26)14-10-8-7-9-13(14)17(22)25/h7-10,15-16H,4-6,11-12H2,1-3H3,(H2,22,25)/t15?,16-,21-,23?,24?/m0/s1.